The van der Waals surface area contributed by atoms with Crippen molar-refractivity contribution in [2.45, 2.75) is 12.7 Å². The topological polar surface area (TPSA) is 42.7 Å². The second-order valence-corrected chi connectivity index (χ2v) is 4.56. The molecule has 1 aromatic heterocycles. The van der Waals surface area contributed by atoms with Crippen LogP contribution in [0.2, 0.25) is 0 Å². The van der Waals surface area contributed by atoms with Gasteiger partial charge in [0.2, 0.25) is 0 Å². The van der Waals surface area contributed by atoms with Crippen molar-refractivity contribution in [3.8, 4) is 0 Å². The Hall–Kier alpha value is -2.46. The van der Waals surface area contributed by atoms with Gasteiger partial charge in [-0.25, -0.2) is 4.68 Å². The predicted octanol–water partition coefficient (Wildman–Crippen LogP) is 2.61. The fourth-order valence-electron chi connectivity index (χ4n) is 2.16. The lowest BCUT2D eigenvalue weighted by molar-refractivity contribution is 0.417. The summed E-state index contributed by atoms with van der Waals surface area (Å²) in [5, 5.41) is 11.5. The normalized spacial score (nSPS) is 12.2. The average molecular weight is 264 g/mol. The molecular weight excluding hydrogens is 248 g/mol. The van der Waals surface area contributed by atoms with E-state index in [9.17, 15) is 0 Å². The Morgan fingerprint density at radius 2 is 1.65 bits per heavy atom. The number of benzene rings is 2. The van der Waals surface area contributed by atoms with Crippen molar-refractivity contribution in [1.82, 2.24) is 20.3 Å². The molecule has 0 fully saturated rings. The summed E-state index contributed by atoms with van der Waals surface area (Å²) in [5.74, 6) is 0. The molecule has 3 aromatic rings. The van der Waals surface area contributed by atoms with Crippen molar-refractivity contribution < 1.29 is 0 Å². The van der Waals surface area contributed by atoms with Crippen LogP contribution in [0.4, 0.5) is 0 Å². The van der Waals surface area contributed by atoms with E-state index in [0.717, 1.165) is 12.1 Å². The zero-order valence-corrected chi connectivity index (χ0v) is 11.1. The van der Waals surface area contributed by atoms with Gasteiger partial charge in [-0.05, 0) is 11.1 Å². The van der Waals surface area contributed by atoms with Crippen molar-refractivity contribution in [2.75, 3.05) is 0 Å². The molecule has 2 aromatic carbocycles. The molecule has 0 aliphatic carbocycles. The Labute approximate surface area is 118 Å². The van der Waals surface area contributed by atoms with Crippen LogP contribution in [-0.2, 0) is 6.54 Å². The highest BCUT2D eigenvalue weighted by atomic mass is 15.5. The third-order valence-electron chi connectivity index (χ3n) is 3.16. The molecule has 1 heterocycles. The van der Waals surface area contributed by atoms with Gasteiger partial charge in [-0.2, -0.15) is 0 Å². The van der Waals surface area contributed by atoms with Crippen LogP contribution in [0, 0.1) is 0 Å². The number of nitrogens with zero attached hydrogens (tertiary/aromatic N) is 3. The van der Waals surface area contributed by atoms with Gasteiger partial charge in [-0.1, -0.05) is 65.9 Å². The predicted molar refractivity (Wildman–Crippen MR) is 77.9 cm³/mol. The maximum absolute atomic E-state index is 4.11. The molecule has 100 valence electrons. The molecule has 3 rings (SSSR count). The van der Waals surface area contributed by atoms with Crippen molar-refractivity contribution in [3.63, 3.8) is 0 Å². The second kappa shape index (κ2) is 6.12. The van der Waals surface area contributed by atoms with E-state index in [0.29, 0.717) is 0 Å². The Balaban J connectivity index is 1.80. The van der Waals surface area contributed by atoms with E-state index in [1.807, 2.05) is 47.3 Å². The van der Waals surface area contributed by atoms with E-state index in [4.69, 9.17) is 0 Å². The molecule has 1 atom stereocenters. The Morgan fingerprint density at radius 1 is 0.950 bits per heavy atom. The minimum absolute atomic E-state index is 0.0149. The number of rotatable bonds is 5. The number of nitrogens with one attached hydrogen (secondary N) is 1. The fraction of sp³-hybridized carbons (Fsp3) is 0.125. The lowest BCUT2D eigenvalue weighted by Crippen LogP contribution is -2.28. The van der Waals surface area contributed by atoms with Crippen LogP contribution < -0.4 is 5.32 Å². The molecule has 1 N–H and O–H groups in total. The van der Waals surface area contributed by atoms with E-state index in [1.165, 1.54) is 5.56 Å². The fourth-order valence-corrected chi connectivity index (χ4v) is 2.16. The zero-order valence-electron chi connectivity index (χ0n) is 11.1. The maximum Gasteiger partial charge on any atom is 0.129 e. The first kappa shape index (κ1) is 12.6. The third-order valence-corrected chi connectivity index (χ3v) is 3.16. The summed E-state index contributed by atoms with van der Waals surface area (Å²) in [7, 11) is 0. The molecule has 4 heteroatoms. The highest BCUT2D eigenvalue weighted by Gasteiger charge is 2.13. The highest BCUT2D eigenvalue weighted by Crippen LogP contribution is 2.14. The van der Waals surface area contributed by atoms with Gasteiger partial charge < -0.3 is 0 Å². The molecule has 0 aliphatic rings. The number of aromatic nitrogens is 3. The molecule has 0 bridgehead atoms. The van der Waals surface area contributed by atoms with Gasteiger partial charge in [0.15, 0.2) is 0 Å². The highest BCUT2D eigenvalue weighted by molar-refractivity contribution is 5.20. The van der Waals surface area contributed by atoms with Crippen LogP contribution in [-0.4, -0.2) is 15.0 Å². The second-order valence-electron chi connectivity index (χ2n) is 4.56. The van der Waals surface area contributed by atoms with Gasteiger partial charge in [-0.3, -0.25) is 5.32 Å². The largest absolute Gasteiger partial charge is 0.288 e. The number of hydrogen-bond acceptors (Lipinski definition) is 3. The molecule has 20 heavy (non-hydrogen) atoms. The van der Waals surface area contributed by atoms with E-state index in [2.05, 4.69) is 39.9 Å². The Morgan fingerprint density at radius 3 is 2.30 bits per heavy atom. The quantitative estimate of drug-likeness (QED) is 0.770. The van der Waals surface area contributed by atoms with Crippen molar-refractivity contribution in [2.24, 2.45) is 0 Å². The molecule has 0 aliphatic heterocycles. The number of hydrogen-bond donors (Lipinski definition) is 1. The summed E-state index contributed by atoms with van der Waals surface area (Å²) < 4.78 is 1.83. The first-order valence-electron chi connectivity index (χ1n) is 6.61. The first-order valence-corrected chi connectivity index (χ1v) is 6.61. The Bertz CT molecular complexity index is 620. The van der Waals surface area contributed by atoms with Crippen LogP contribution in [0.15, 0.2) is 73.1 Å². The molecule has 0 saturated carbocycles. The lowest BCUT2D eigenvalue weighted by Gasteiger charge is -2.19. The molecule has 4 nitrogen and oxygen atoms in total. The third kappa shape index (κ3) is 2.92. The van der Waals surface area contributed by atoms with Crippen LogP contribution in [0.1, 0.15) is 17.3 Å². The van der Waals surface area contributed by atoms with E-state index >= 15 is 0 Å². The minimum Gasteiger partial charge on any atom is -0.288 e. The van der Waals surface area contributed by atoms with Crippen LogP contribution in [0.3, 0.4) is 0 Å². The minimum atomic E-state index is -0.0149. The maximum atomic E-state index is 4.11. The summed E-state index contributed by atoms with van der Waals surface area (Å²) in [6.45, 7) is 0.778. The van der Waals surface area contributed by atoms with Gasteiger partial charge >= 0.3 is 0 Å². The summed E-state index contributed by atoms with van der Waals surface area (Å²) in [5.41, 5.74) is 2.41. The van der Waals surface area contributed by atoms with E-state index in [-0.39, 0.29) is 6.17 Å². The smallest absolute Gasteiger partial charge is 0.129 e. The zero-order chi connectivity index (χ0) is 13.6. The molecule has 0 spiro atoms. The van der Waals surface area contributed by atoms with Gasteiger partial charge in [0.05, 0.1) is 6.20 Å². The monoisotopic (exact) mass is 264 g/mol. The summed E-state index contributed by atoms with van der Waals surface area (Å²) in [6.07, 6.45) is 3.55. The molecule has 0 radical (unpaired) electrons. The molecular formula is C16H16N4. The van der Waals surface area contributed by atoms with Crippen LogP contribution in [0.25, 0.3) is 0 Å². The van der Waals surface area contributed by atoms with Gasteiger partial charge in [0.25, 0.3) is 0 Å². The molecule has 0 saturated heterocycles. The van der Waals surface area contributed by atoms with Crippen LogP contribution in [0.5, 0.6) is 0 Å². The lowest BCUT2D eigenvalue weighted by atomic mass is 10.1. The summed E-state index contributed by atoms with van der Waals surface area (Å²) in [4.78, 5) is 0. The van der Waals surface area contributed by atoms with Gasteiger partial charge in [0, 0.05) is 12.7 Å². The first-order chi connectivity index (χ1) is 9.93. The van der Waals surface area contributed by atoms with E-state index < -0.39 is 0 Å². The standard InChI is InChI=1S/C16H16N4/c1-3-7-14(8-4-1)13-17-16(20-12-11-18-19-20)15-9-5-2-6-10-15/h1-12,16-17H,13H2. The average Bonchev–Trinajstić information content (AvgIpc) is 3.04. The van der Waals surface area contributed by atoms with Crippen molar-refractivity contribution >= 4 is 0 Å². The van der Waals surface area contributed by atoms with Gasteiger partial charge in [0.1, 0.15) is 6.17 Å². The molecule has 1 unspecified atom stereocenters. The van der Waals surface area contributed by atoms with Gasteiger partial charge in [-0.15, -0.1) is 5.10 Å². The van der Waals surface area contributed by atoms with Crippen LogP contribution >= 0.6 is 0 Å². The van der Waals surface area contributed by atoms with E-state index in [1.54, 1.807) is 6.20 Å². The summed E-state index contributed by atoms with van der Waals surface area (Å²) >= 11 is 0. The SMILES string of the molecule is c1ccc(CNC(c2ccccc2)n2ccnn2)cc1. The summed E-state index contributed by atoms with van der Waals surface area (Å²) in [6, 6.07) is 20.6. The Kier molecular flexibility index (Phi) is 3.85. The van der Waals surface area contributed by atoms with Crippen molar-refractivity contribution in [1.29, 1.82) is 0 Å². The molecule has 0 amide bonds. The van der Waals surface area contributed by atoms with Crippen molar-refractivity contribution in [3.05, 3.63) is 84.2 Å².